The van der Waals surface area contributed by atoms with Crippen LogP contribution in [0.25, 0.3) is 11.6 Å². The molecule has 2 aromatic rings. The first-order valence-corrected chi connectivity index (χ1v) is 7.30. The van der Waals surface area contributed by atoms with Gasteiger partial charge in [0.2, 0.25) is 5.95 Å². The molecule has 0 fully saturated rings. The first kappa shape index (κ1) is 13.6. The molecule has 21 heavy (non-hydrogen) atoms. The number of hydrogen-bond acceptors (Lipinski definition) is 5. The van der Waals surface area contributed by atoms with E-state index in [0.717, 1.165) is 42.4 Å². The number of likely N-dealkylation sites (N-methyl/N-ethyl adjacent to an activating group) is 1. The quantitative estimate of drug-likeness (QED) is 0.901. The van der Waals surface area contributed by atoms with Gasteiger partial charge in [-0.3, -0.25) is 5.10 Å². The second-order valence-corrected chi connectivity index (χ2v) is 5.05. The predicted octanol–water partition coefficient (Wildman–Crippen LogP) is 2.32. The van der Waals surface area contributed by atoms with Crippen molar-refractivity contribution in [3.63, 3.8) is 0 Å². The highest BCUT2D eigenvalue weighted by molar-refractivity contribution is 5.89. The lowest BCUT2D eigenvalue weighted by atomic mass is 10.0. The van der Waals surface area contributed by atoms with Crippen LogP contribution in [0, 0.1) is 6.92 Å². The number of aromatic amines is 1. The molecule has 0 saturated heterocycles. The maximum atomic E-state index is 4.67. The summed E-state index contributed by atoms with van der Waals surface area (Å²) >= 11 is 0. The lowest BCUT2D eigenvalue weighted by Gasteiger charge is -2.29. The summed E-state index contributed by atoms with van der Waals surface area (Å²) in [6, 6.07) is 1.99. The molecular formula is C15H20N6. The van der Waals surface area contributed by atoms with Crippen LogP contribution in [0.4, 0.5) is 11.8 Å². The van der Waals surface area contributed by atoms with Crippen LogP contribution in [0.2, 0.25) is 0 Å². The second kappa shape index (κ2) is 5.55. The summed E-state index contributed by atoms with van der Waals surface area (Å²) < 4.78 is 0. The summed E-state index contributed by atoms with van der Waals surface area (Å²) in [6.45, 7) is 8.77. The van der Waals surface area contributed by atoms with E-state index in [4.69, 9.17) is 0 Å². The van der Waals surface area contributed by atoms with Crippen LogP contribution in [0.15, 0.2) is 12.3 Å². The average molecular weight is 284 g/mol. The molecule has 1 aliphatic heterocycles. The van der Waals surface area contributed by atoms with Gasteiger partial charge in [0.15, 0.2) is 0 Å². The van der Waals surface area contributed by atoms with Crippen LogP contribution in [-0.2, 0) is 0 Å². The van der Waals surface area contributed by atoms with Crippen molar-refractivity contribution in [2.45, 2.75) is 20.8 Å². The van der Waals surface area contributed by atoms with E-state index in [1.807, 2.05) is 19.9 Å². The Balaban J connectivity index is 2.09. The van der Waals surface area contributed by atoms with Crippen molar-refractivity contribution in [2.24, 2.45) is 0 Å². The largest absolute Gasteiger partial charge is 0.354 e. The maximum Gasteiger partial charge on any atom is 0.224 e. The van der Waals surface area contributed by atoms with Crippen LogP contribution in [-0.4, -0.2) is 39.8 Å². The monoisotopic (exact) mass is 284 g/mol. The van der Waals surface area contributed by atoms with Gasteiger partial charge in [-0.15, -0.1) is 0 Å². The van der Waals surface area contributed by atoms with E-state index in [0.29, 0.717) is 5.95 Å². The van der Waals surface area contributed by atoms with Crippen LogP contribution in [0.5, 0.6) is 0 Å². The van der Waals surface area contributed by atoms with Gasteiger partial charge in [-0.05, 0) is 38.5 Å². The Morgan fingerprint density at radius 2 is 2.19 bits per heavy atom. The number of aryl methyl sites for hydroxylation is 1. The summed E-state index contributed by atoms with van der Waals surface area (Å²) in [5, 5.41) is 10.3. The molecule has 0 bridgehead atoms. The van der Waals surface area contributed by atoms with Gasteiger partial charge in [-0.1, -0.05) is 0 Å². The number of aromatic nitrogens is 4. The van der Waals surface area contributed by atoms with E-state index in [1.54, 1.807) is 6.20 Å². The van der Waals surface area contributed by atoms with Gasteiger partial charge in [0.1, 0.15) is 5.82 Å². The summed E-state index contributed by atoms with van der Waals surface area (Å²) in [4.78, 5) is 11.5. The molecule has 0 unspecified atom stereocenters. The summed E-state index contributed by atoms with van der Waals surface area (Å²) in [5.74, 6) is 1.70. The Morgan fingerprint density at radius 1 is 1.33 bits per heavy atom. The van der Waals surface area contributed by atoms with Crippen molar-refractivity contribution < 1.29 is 0 Å². The lowest BCUT2D eigenvalue weighted by Crippen LogP contribution is -2.30. The van der Waals surface area contributed by atoms with Crippen molar-refractivity contribution in [2.75, 3.05) is 29.9 Å². The van der Waals surface area contributed by atoms with Gasteiger partial charge in [-0.2, -0.15) is 10.1 Å². The van der Waals surface area contributed by atoms with E-state index in [-0.39, 0.29) is 0 Å². The fourth-order valence-electron chi connectivity index (χ4n) is 2.57. The number of H-pyrrole nitrogens is 1. The van der Waals surface area contributed by atoms with Crippen molar-refractivity contribution in [1.82, 2.24) is 20.2 Å². The zero-order valence-corrected chi connectivity index (χ0v) is 12.6. The van der Waals surface area contributed by atoms with Crippen molar-refractivity contribution in [1.29, 1.82) is 0 Å². The van der Waals surface area contributed by atoms with E-state index < -0.39 is 0 Å². The molecule has 0 radical (unpaired) electrons. The van der Waals surface area contributed by atoms with E-state index in [9.17, 15) is 0 Å². The minimum Gasteiger partial charge on any atom is -0.354 e. The molecule has 0 amide bonds. The van der Waals surface area contributed by atoms with Crippen LogP contribution < -0.4 is 10.2 Å². The Hall–Kier alpha value is -2.37. The fraction of sp³-hybridized carbons (Fsp3) is 0.400. The highest BCUT2D eigenvalue weighted by Crippen LogP contribution is 2.32. The topological polar surface area (TPSA) is 69.7 Å². The Kier molecular flexibility index (Phi) is 3.60. The third-order valence-electron chi connectivity index (χ3n) is 3.66. The Bertz CT molecular complexity index is 659. The van der Waals surface area contributed by atoms with Crippen LogP contribution in [0.3, 0.4) is 0 Å². The number of nitrogens with zero attached hydrogens (tertiary/aromatic N) is 4. The van der Waals surface area contributed by atoms with E-state index in [1.165, 1.54) is 5.57 Å². The van der Waals surface area contributed by atoms with E-state index in [2.05, 4.69) is 43.4 Å². The number of rotatable bonds is 4. The average Bonchev–Trinajstić information content (AvgIpc) is 3.01. The Labute approximate surface area is 124 Å². The molecule has 0 spiro atoms. The minimum absolute atomic E-state index is 0.700. The minimum atomic E-state index is 0.700. The zero-order valence-electron chi connectivity index (χ0n) is 12.6. The molecule has 0 saturated carbocycles. The van der Waals surface area contributed by atoms with Gasteiger partial charge < -0.3 is 10.2 Å². The zero-order chi connectivity index (χ0) is 14.8. The first-order chi connectivity index (χ1) is 10.2. The first-order valence-electron chi connectivity index (χ1n) is 7.30. The van der Waals surface area contributed by atoms with Gasteiger partial charge in [0.05, 0.1) is 11.4 Å². The van der Waals surface area contributed by atoms with Gasteiger partial charge in [0, 0.05) is 31.4 Å². The number of fused-ring (bicyclic) bond motifs is 1. The van der Waals surface area contributed by atoms with Crippen LogP contribution in [0.1, 0.15) is 30.8 Å². The summed E-state index contributed by atoms with van der Waals surface area (Å²) in [6.07, 6.45) is 3.94. The van der Waals surface area contributed by atoms with Gasteiger partial charge in [-0.25, -0.2) is 4.98 Å². The van der Waals surface area contributed by atoms with Crippen molar-refractivity contribution in [3.8, 4) is 0 Å². The summed E-state index contributed by atoms with van der Waals surface area (Å²) in [5.41, 5.74) is 4.35. The number of anilines is 2. The molecule has 2 aromatic heterocycles. The van der Waals surface area contributed by atoms with Crippen LogP contribution >= 0.6 is 0 Å². The summed E-state index contributed by atoms with van der Waals surface area (Å²) in [7, 11) is 0. The predicted molar refractivity (Wildman–Crippen MR) is 85.3 cm³/mol. The van der Waals surface area contributed by atoms with Gasteiger partial charge in [0.25, 0.3) is 0 Å². The highest BCUT2D eigenvalue weighted by Gasteiger charge is 2.22. The molecule has 2 N–H and O–H groups in total. The fourth-order valence-corrected chi connectivity index (χ4v) is 2.57. The van der Waals surface area contributed by atoms with Crippen molar-refractivity contribution in [3.05, 3.63) is 29.2 Å². The van der Waals surface area contributed by atoms with Crippen molar-refractivity contribution >= 4 is 23.4 Å². The third kappa shape index (κ3) is 2.49. The molecule has 6 heteroatoms. The molecule has 6 nitrogen and oxygen atoms in total. The molecule has 1 aliphatic rings. The molecule has 0 aliphatic carbocycles. The number of hydrogen-bond donors (Lipinski definition) is 2. The lowest BCUT2D eigenvalue weighted by molar-refractivity contribution is 0.865. The standard InChI is InChI=1S/C15H20N6/c1-4-16-15-18-10(3)12-8-11(13-6-7-17-20-13)9-21(5-2)14(12)19-15/h6-8H,4-5,9H2,1-3H3,(H,17,20)(H,16,18,19). The normalized spacial score (nSPS) is 13.9. The molecule has 0 aromatic carbocycles. The third-order valence-corrected chi connectivity index (χ3v) is 3.66. The second-order valence-electron chi connectivity index (χ2n) is 5.05. The molecule has 3 heterocycles. The maximum absolute atomic E-state index is 4.67. The highest BCUT2D eigenvalue weighted by atomic mass is 15.2. The smallest absolute Gasteiger partial charge is 0.224 e. The SMILES string of the molecule is CCNc1nc(C)c2c(n1)N(CC)CC(c1ccn[nH]1)=C2. The Morgan fingerprint density at radius 3 is 2.86 bits per heavy atom. The van der Waals surface area contributed by atoms with E-state index >= 15 is 0 Å². The molecule has 110 valence electrons. The number of nitrogens with one attached hydrogen (secondary N) is 2. The molecule has 3 rings (SSSR count). The van der Waals surface area contributed by atoms with Gasteiger partial charge >= 0.3 is 0 Å². The molecule has 0 atom stereocenters. The molecular weight excluding hydrogens is 264 g/mol.